The summed E-state index contributed by atoms with van der Waals surface area (Å²) in [7, 11) is -1.85. The maximum Gasteiger partial charge on any atom is 0.266 e. The van der Waals surface area contributed by atoms with Crippen LogP contribution in [0.5, 0.6) is 0 Å². The lowest BCUT2D eigenvalue weighted by atomic mass is 10.3. The first-order valence-corrected chi connectivity index (χ1v) is 8.58. The van der Waals surface area contributed by atoms with E-state index in [1.165, 1.54) is 13.2 Å². The molecule has 0 radical (unpaired) electrons. The number of nitrogens with zero attached hydrogens (tertiary/aromatic N) is 4. The third kappa shape index (κ3) is 3.45. The number of carbonyl (C=O) groups is 2. The zero-order valence-corrected chi connectivity index (χ0v) is 13.3. The van der Waals surface area contributed by atoms with Crippen molar-refractivity contribution in [2.45, 2.75) is 19.5 Å². The molecule has 1 aliphatic rings. The number of amides is 2. The van der Waals surface area contributed by atoms with Gasteiger partial charge in [0.05, 0.1) is 19.0 Å². The van der Waals surface area contributed by atoms with E-state index in [4.69, 9.17) is 5.73 Å². The van der Waals surface area contributed by atoms with E-state index >= 15 is 0 Å². The zero-order valence-electron chi connectivity index (χ0n) is 12.5. The highest BCUT2D eigenvalue weighted by molar-refractivity contribution is 7.88. The Morgan fingerprint density at radius 1 is 1.41 bits per heavy atom. The fourth-order valence-electron chi connectivity index (χ4n) is 2.25. The summed E-state index contributed by atoms with van der Waals surface area (Å²) in [5.74, 6) is -0.0939. The third-order valence-corrected chi connectivity index (χ3v) is 4.99. The largest absolute Gasteiger partial charge is 0.364 e. The van der Waals surface area contributed by atoms with Crippen LogP contribution in [0.1, 0.15) is 22.7 Å². The summed E-state index contributed by atoms with van der Waals surface area (Å²) in [5, 5.41) is 0. The lowest BCUT2D eigenvalue weighted by molar-refractivity contribution is -0.132. The molecule has 1 aromatic heterocycles. The molecule has 0 fully saturated rings. The Bertz CT molecular complexity index is 696. The molecule has 0 unspecified atom stereocenters. The van der Waals surface area contributed by atoms with E-state index in [1.54, 1.807) is 9.47 Å². The summed E-state index contributed by atoms with van der Waals surface area (Å²) in [6.07, 6.45) is 2.61. The molecule has 1 aliphatic heterocycles. The van der Waals surface area contributed by atoms with Crippen LogP contribution in [-0.2, 0) is 27.9 Å². The summed E-state index contributed by atoms with van der Waals surface area (Å²) in [6, 6.07) is 0. The normalized spacial score (nSPS) is 15.0. The summed E-state index contributed by atoms with van der Waals surface area (Å²) >= 11 is 0. The second-order valence-electron chi connectivity index (χ2n) is 5.23. The fraction of sp³-hybridized carbons (Fsp3) is 0.583. The average Bonchev–Trinajstić information content (AvgIpc) is 2.86. The van der Waals surface area contributed by atoms with Gasteiger partial charge in [-0.3, -0.25) is 9.59 Å². The Hall–Kier alpha value is -1.94. The molecular formula is C12H19N5O4S. The van der Waals surface area contributed by atoms with Crippen molar-refractivity contribution in [1.82, 2.24) is 18.8 Å². The van der Waals surface area contributed by atoms with Crippen molar-refractivity contribution in [3.63, 3.8) is 0 Å². The SMILES string of the molecule is CN(CCC(=O)N1CCn2c(C(N)=O)cnc2C1)S(C)(=O)=O. The van der Waals surface area contributed by atoms with Crippen molar-refractivity contribution in [3.05, 3.63) is 17.7 Å². The van der Waals surface area contributed by atoms with Gasteiger partial charge in [-0.2, -0.15) is 0 Å². The van der Waals surface area contributed by atoms with Gasteiger partial charge in [0.1, 0.15) is 11.5 Å². The minimum absolute atomic E-state index is 0.104. The predicted octanol–water partition coefficient (Wildman–Crippen LogP) is -1.39. The molecule has 0 aliphatic carbocycles. The van der Waals surface area contributed by atoms with Crippen LogP contribution >= 0.6 is 0 Å². The molecule has 1 aromatic rings. The minimum atomic E-state index is -3.29. The molecule has 0 bridgehead atoms. The van der Waals surface area contributed by atoms with E-state index in [1.807, 2.05) is 0 Å². The highest BCUT2D eigenvalue weighted by atomic mass is 32.2. The topological polar surface area (TPSA) is 119 Å². The minimum Gasteiger partial charge on any atom is -0.364 e. The average molecular weight is 329 g/mol. The lowest BCUT2D eigenvalue weighted by Gasteiger charge is -2.28. The summed E-state index contributed by atoms with van der Waals surface area (Å²) in [6.45, 7) is 1.30. The molecule has 10 heteroatoms. The summed E-state index contributed by atoms with van der Waals surface area (Å²) in [4.78, 5) is 29.1. The second-order valence-corrected chi connectivity index (χ2v) is 7.31. The van der Waals surface area contributed by atoms with E-state index < -0.39 is 15.9 Å². The summed E-state index contributed by atoms with van der Waals surface area (Å²) in [5.41, 5.74) is 5.59. The number of primary amides is 1. The molecule has 22 heavy (non-hydrogen) atoms. The van der Waals surface area contributed by atoms with Crippen molar-refractivity contribution in [3.8, 4) is 0 Å². The first-order valence-electron chi connectivity index (χ1n) is 6.73. The van der Waals surface area contributed by atoms with Gasteiger partial charge in [-0.1, -0.05) is 0 Å². The van der Waals surface area contributed by atoms with Gasteiger partial charge in [0.25, 0.3) is 5.91 Å². The number of nitrogens with two attached hydrogens (primary N) is 1. The van der Waals surface area contributed by atoms with Crippen molar-refractivity contribution in [2.75, 3.05) is 26.4 Å². The van der Waals surface area contributed by atoms with Crippen LogP contribution in [0.15, 0.2) is 6.20 Å². The van der Waals surface area contributed by atoms with Gasteiger partial charge < -0.3 is 15.2 Å². The second kappa shape index (κ2) is 6.05. The van der Waals surface area contributed by atoms with Crippen molar-refractivity contribution in [2.24, 2.45) is 5.73 Å². The van der Waals surface area contributed by atoms with Gasteiger partial charge in [-0.25, -0.2) is 17.7 Å². The summed E-state index contributed by atoms with van der Waals surface area (Å²) < 4.78 is 25.4. The van der Waals surface area contributed by atoms with Crippen LogP contribution in [0.25, 0.3) is 0 Å². The van der Waals surface area contributed by atoms with Crippen molar-refractivity contribution >= 4 is 21.8 Å². The van der Waals surface area contributed by atoms with Crippen LogP contribution in [-0.4, -0.2) is 65.4 Å². The lowest BCUT2D eigenvalue weighted by Crippen LogP contribution is -2.40. The molecule has 9 nitrogen and oxygen atoms in total. The molecule has 0 saturated heterocycles. The van der Waals surface area contributed by atoms with Gasteiger partial charge in [-0.15, -0.1) is 0 Å². The number of aromatic nitrogens is 2. The van der Waals surface area contributed by atoms with Gasteiger partial charge in [0.2, 0.25) is 15.9 Å². The zero-order chi connectivity index (χ0) is 16.5. The van der Waals surface area contributed by atoms with Gasteiger partial charge >= 0.3 is 0 Å². The fourth-order valence-corrected chi connectivity index (χ4v) is 2.67. The molecule has 2 N–H and O–H groups in total. The molecular weight excluding hydrogens is 310 g/mol. The third-order valence-electron chi connectivity index (χ3n) is 3.68. The standard InChI is InChI=1S/C12H19N5O4S/c1-15(22(2,20)21)4-3-11(18)16-5-6-17-9(12(13)19)7-14-10(17)8-16/h7H,3-6,8H2,1-2H3,(H2,13,19). The van der Waals surface area contributed by atoms with E-state index in [0.717, 1.165) is 10.6 Å². The van der Waals surface area contributed by atoms with E-state index in [-0.39, 0.29) is 25.4 Å². The van der Waals surface area contributed by atoms with Crippen molar-refractivity contribution in [1.29, 1.82) is 0 Å². The molecule has 0 aromatic carbocycles. The first kappa shape index (κ1) is 16.4. The molecule has 2 rings (SSSR count). The molecule has 0 spiro atoms. The molecule has 2 amide bonds. The maximum atomic E-state index is 12.2. The van der Waals surface area contributed by atoms with E-state index in [2.05, 4.69) is 4.98 Å². The Morgan fingerprint density at radius 3 is 2.68 bits per heavy atom. The Balaban J connectivity index is 1.98. The highest BCUT2D eigenvalue weighted by Crippen LogP contribution is 2.15. The van der Waals surface area contributed by atoms with Gasteiger partial charge in [0.15, 0.2) is 0 Å². The number of hydrogen-bond acceptors (Lipinski definition) is 5. The molecule has 122 valence electrons. The number of sulfonamides is 1. The van der Waals surface area contributed by atoms with Gasteiger partial charge in [0, 0.05) is 33.1 Å². The number of hydrogen-bond donors (Lipinski definition) is 1. The van der Waals surface area contributed by atoms with Crippen LogP contribution in [0, 0.1) is 0 Å². The monoisotopic (exact) mass is 329 g/mol. The van der Waals surface area contributed by atoms with E-state index in [0.29, 0.717) is 24.6 Å². The van der Waals surface area contributed by atoms with Gasteiger partial charge in [-0.05, 0) is 0 Å². The molecule has 0 saturated carbocycles. The van der Waals surface area contributed by atoms with Crippen molar-refractivity contribution < 1.29 is 18.0 Å². The quantitative estimate of drug-likeness (QED) is 0.713. The Labute approximate surface area is 128 Å². The molecule has 0 atom stereocenters. The smallest absolute Gasteiger partial charge is 0.266 e. The Kier molecular flexibility index (Phi) is 4.52. The number of carbonyl (C=O) groups excluding carboxylic acids is 2. The predicted molar refractivity (Wildman–Crippen MR) is 78.3 cm³/mol. The van der Waals surface area contributed by atoms with Crippen LogP contribution in [0.2, 0.25) is 0 Å². The highest BCUT2D eigenvalue weighted by Gasteiger charge is 2.25. The number of fused-ring (bicyclic) bond motifs is 1. The first-order chi connectivity index (χ1) is 10.2. The maximum absolute atomic E-state index is 12.2. The number of imidazole rings is 1. The van der Waals surface area contributed by atoms with E-state index in [9.17, 15) is 18.0 Å². The van der Waals surface area contributed by atoms with Crippen LogP contribution in [0.4, 0.5) is 0 Å². The van der Waals surface area contributed by atoms with Crippen LogP contribution in [0.3, 0.4) is 0 Å². The molecule has 2 heterocycles. The Morgan fingerprint density at radius 2 is 2.09 bits per heavy atom. The number of rotatable bonds is 5. The van der Waals surface area contributed by atoms with Crippen LogP contribution < -0.4 is 5.73 Å².